The van der Waals surface area contributed by atoms with Gasteiger partial charge >= 0.3 is 0 Å². The second-order valence-corrected chi connectivity index (χ2v) is 8.75. The molecule has 0 aromatic heterocycles. The maximum absolute atomic E-state index is 12.2. The quantitative estimate of drug-likeness (QED) is 0.0959. The number of rotatable bonds is 17. The van der Waals surface area contributed by atoms with Gasteiger partial charge in [-0.05, 0) is 6.42 Å². The fourth-order valence-electron chi connectivity index (χ4n) is 3.75. The zero-order chi connectivity index (χ0) is 25.7. The van der Waals surface area contributed by atoms with Crippen molar-refractivity contribution >= 4 is 5.91 Å². The van der Waals surface area contributed by atoms with Gasteiger partial charge in [0, 0.05) is 6.54 Å². The van der Waals surface area contributed by atoms with E-state index < -0.39 is 74.2 Å². The van der Waals surface area contributed by atoms with Crippen molar-refractivity contribution in [2.45, 2.75) is 113 Å². The van der Waals surface area contributed by atoms with Gasteiger partial charge < -0.3 is 55.6 Å². The van der Waals surface area contributed by atoms with Crippen LogP contribution in [0, 0.1) is 0 Å². The number of ether oxygens (including phenoxy) is 2. The molecule has 202 valence electrons. The molecule has 1 rings (SSSR count). The van der Waals surface area contributed by atoms with Crippen LogP contribution in [0.3, 0.4) is 0 Å². The smallest absolute Gasteiger partial charge is 0.251 e. The van der Waals surface area contributed by atoms with E-state index in [1.807, 2.05) is 0 Å². The Balaban J connectivity index is 2.58. The van der Waals surface area contributed by atoms with E-state index in [9.17, 15) is 45.6 Å². The van der Waals surface area contributed by atoms with Gasteiger partial charge in [-0.1, -0.05) is 51.9 Å². The van der Waals surface area contributed by atoms with Gasteiger partial charge in [0.2, 0.25) is 0 Å². The molecule has 0 aromatic carbocycles. The maximum Gasteiger partial charge on any atom is 0.251 e. The van der Waals surface area contributed by atoms with E-state index in [4.69, 9.17) is 9.47 Å². The average molecular weight is 498 g/mol. The second-order valence-electron chi connectivity index (χ2n) is 8.75. The lowest BCUT2D eigenvalue weighted by atomic mass is 9.98. The molecule has 9 N–H and O–H groups in total. The molecule has 1 amide bonds. The van der Waals surface area contributed by atoms with Crippen molar-refractivity contribution in [1.29, 1.82) is 0 Å². The molecule has 12 nitrogen and oxygen atoms in total. The summed E-state index contributed by atoms with van der Waals surface area (Å²) in [5, 5.41) is 81.6. The molecule has 1 saturated heterocycles. The van der Waals surface area contributed by atoms with Gasteiger partial charge in [-0.15, -0.1) is 0 Å². The van der Waals surface area contributed by atoms with Gasteiger partial charge in [0.25, 0.3) is 5.91 Å². The number of aliphatic hydroxyl groups excluding tert-OH is 8. The number of carbonyl (C=O) groups excluding carboxylic acids is 1. The summed E-state index contributed by atoms with van der Waals surface area (Å²) in [6, 6.07) is 0. The summed E-state index contributed by atoms with van der Waals surface area (Å²) in [6.45, 7) is 0.775. The number of unbranched alkanes of at least 4 members (excludes halogenated alkanes) is 7. The Morgan fingerprint density at radius 3 is 2.06 bits per heavy atom. The van der Waals surface area contributed by atoms with Crippen molar-refractivity contribution in [3.8, 4) is 0 Å². The number of carbonyl (C=O) groups is 1. The Morgan fingerprint density at radius 2 is 1.50 bits per heavy atom. The minimum Gasteiger partial charge on any atom is -0.394 e. The average Bonchev–Trinajstić information content (AvgIpc) is 2.84. The third-order valence-electron chi connectivity index (χ3n) is 5.96. The van der Waals surface area contributed by atoms with Crippen molar-refractivity contribution in [3.05, 3.63) is 0 Å². The zero-order valence-corrected chi connectivity index (χ0v) is 19.8. The van der Waals surface area contributed by atoms with Crippen LogP contribution >= 0.6 is 0 Å². The minimum atomic E-state index is -2.04. The van der Waals surface area contributed by atoms with E-state index in [1.54, 1.807) is 0 Å². The van der Waals surface area contributed by atoms with Crippen LogP contribution in [0.4, 0.5) is 0 Å². The molecule has 0 radical (unpaired) electrons. The monoisotopic (exact) mass is 497 g/mol. The summed E-state index contributed by atoms with van der Waals surface area (Å²) in [4.78, 5) is 12.2. The molecule has 0 aromatic rings. The standard InChI is InChI=1S/C22H43NO11/c1-2-3-4-5-6-7-8-9-10-23-21(32)18(30)17(29)20(13(26)11-24)34-22-19(31)16(28)15(27)14(12-25)33-22/h13-20,22,24-31H,2-12H2,1H3,(H,23,32)/t13-,14-,15-,16+,17-,18-,19-,20-,22-/m1/s1. The number of nitrogens with one attached hydrogen (secondary N) is 1. The Bertz CT molecular complexity index is 553. The molecule has 0 unspecified atom stereocenters. The Labute approximate surface area is 200 Å². The van der Waals surface area contributed by atoms with Gasteiger partial charge in [-0.2, -0.15) is 0 Å². The molecule has 0 bridgehead atoms. The van der Waals surface area contributed by atoms with Crippen LogP contribution in [-0.2, 0) is 14.3 Å². The van der Waals surface area contributed by atoms with Gasteiger partial charge in [0.05, 0.1) is 13.2 Å². The van der Waals surface area contributed by atoms with Gasteiger partial charge in [0.1, 0.15) is 42.7 Å². The molecule has 0 saturated carbocycles. The molecule has 12 heteroatoms. The number of hydrogen-bond acceptors (Lipinski definition) is 11. The van der Waals surface area contributed by atoms with E-state index in [-0.39, 0.29) is 6.54 Å². The molecule has 0 spiro atoms. The summed E-state index contributed by atoms with van der Waals surface area (Å²) in [5.41, 5.74) is 0. The van der Waals surface area contributed by atoms with Crippen LogP contribution in [0.1, 0.15) is 58.3 Å². The third kappa shape index (κ3) is 9.61. The van der Waals surface area contributed by atoms with Crippen LogP contribution in [0.15, 0.2) is 0 Å². The van der Waals surface area contributed by atoms with E-state index in [0.717, 1.165) is 19.3 Å². The predicted octanol–water partition coefficient (Wildman–Crippen LogP) is -2.50. The molecular formula is C22H43NO11. The summed E-state index contributed by atoms with van der Waals surface area (Å²) in [7, 11) is 0. The molecule has 1 aliphatic rings. The Hall–Kier alpha value is -0.930. The Morgan fingerprint density at radius 1 is 0.912 bits per heavy atom. The van der Waals surface area contributed by atoms with E-state index in [1.165, 1.54) is 25.7 Å². The summed E-state index contributed by atoms with van der Waals surface area (Å²) < 4.78 is 10.4. The lowest BCUT2D eigenvalue weighted by Crippen LogP contribution is -2.62. The minimum absolute atomic E-state index is 0.276. The molecule has 34 heavy (non-hydrogen) atoms. The maximum atomic E-state index is 12.2. The molecule has 9 atom stereocenters. The highest BCUT2D eigenvalue weighted by Gasteiger charge is 2.47. The summed E-state index contributed by atoms with van der Waals surface area (Å²) in [6.07, 6.45) is -7.48. The van der Waals surface area contributed by atoms with E-state index in [2.05, 4.69) is 12.2 Å². The fraction of sp³-hybridized carbons (Fsp3) is 0.955. The van der Waals surface area contributed by atoms with Crippen LogP contribution in [0.2, 0.25) is 0 Å². The first-order valence-electron chi connectivity index (χ1n) is 12.1. The van der Waals surface area contributed by atoms with Crippen LogP contribution in [0.25, 0.3) is 0 Å². The molecule has 1 aliphatic heterocycles. The topological polar surface area (TPSA) is 209 Å². The first kappa shape index (κ1) is 31.1. The zero-order valence-electron chi connectivity index (χ0n) is 19.8. The van der Waals surface area contributed by atoms with Gasteiger partial charge in [-0.3, -0.25) is 4.79 Å². The van der Waals surface area contributed by atoms with E-state index in [0.29, 0.717) is 6.42 Å². The van der Waals surface area contributed by atoms with Crippen molar-refractivity contribution in [1.82, 2.24) is 5.32 Å². The largest absolute Gasteiger partial charge is 0.394 e. The molecule has 0 aliphatic carbocycles. The molecule has 1 fully saturated rings. The lowest BCUT2D eigenvalue weighted by molar-refractivity contribution is -0.326. The normalized spacial score (nSPS) is 28.8. The van der Waals surface area contributed by atoms with Crippen molar-refractivity contribution in [2.24, 2.45) is 0 Å². The molecular weight excluding hydrogens is 454 g/mol. The molecule has 1 heterocycles. The number of aliphatic hydroxyl groups is 8. The lowest BCUT2D eigenvalue weighted by Gasteiger charge is -2.42. The van der Waals surface area contributed by atoms with Gasteiger partial charge in [-0.25, -0.2) is 0 Å². The van der Waals surface area contributed by atoms with Gasteiger partial charge in [0.15, 0.2) is 12.4 Å². The van der Waals surface area contributed by atoms with Crippen molar-refractivity contribution in [2.75, 3.05) is 19.8 Å². The Kier molecular flexibility index (Phi) is 15.3. The predicted molar refractivity (Wildman–Crippen MR) is 119 cm³/mol. The van der Waals surface area contributed by atoms with Crippen LogP contribution < -0.4 is 5.32 Å². The summed E-state index contributed by atoms with van der Waals surface area (Å²) in [5.74, 6) is -0.914. The van der Waals surface area contributed by atoms with Crippen molar-refractivity contribution < 1.29 is 55.1 Å². The highest BCUT2D eigenvalue weighted by molar-refractivity contribution is 5.81. The first-order valence-corrected chi connectivity index (χ1v) is 12.1. The second kappa shape index (κ2) is 16.7. The fourth-order valence-corrected chi connectivity index (χ4v) is 3.75. The highest BCUT2D eigenvalue weighted by atomic mass is 16.7. The van der Waals surface area contributed by atoms with Crippen LogP contribution in [0.5, 0.6) is 0 Å². The van der Waals surface area contributed by atoms with E-state index >= 15 is 0 Å². The summed E-state index contributed by atoms with van der Waals surface area (Å²) >= 11 is 0. The SMILES string of the molecule is CCCCCCCCCCNC(=O)[C@H](O)[C@@H](O)[C@H](O[C@H]1O[C@H](CO)[C@@H](O)[C@H](O)[C@H]1O)[C@H](O)CO. The highest BCUT2D eigenvalue weighted by Crippen LogP contribution is 2.25. The van der Waals surface area contributed by atoms with Crippen molar-refractivity contribution in [3.63, 3.8) is 0 Å². The number of amides is 1. The first-order chi connectivity index (χ1) is 16.2. The van der Waals surface area contributed by atoms with Crippen LogP contribution in [-0.4, -0.2) is 122 Å². The third-order valence-corrected chi connectivity index (χ3v) is 5.96. The number of hydrogen-bond donors (Lipinski definition) is 9.